The van der Waals surface area contributed by atoms with Crippen LogP contribution in [0.3, 0.4) is 0 Å². The molecule has 2 aliphatic rings. The number of hydrogen-bond acceptors (Lipinski definition) is 16. The van der Waals surface area contributed by atoms with Crippen molar-refractivity contribution in [2.45, 2.75) is 135 Å². The van der Waals surface area contributed by atoms with E-state index >= 15 is 0 Å². The third-order valence-electron chi connectivity index (χ3n) is 11.8. The molecule has 0 radical (unpaired) electrons. The van der Waals surface area contributed by atoms with Crippen molar-refractivity contribution >= 4 is 47.2 Å². The number of likely N-dealkylation sites (N-methyl/N-ethyl adjacent to an activating group) is 2. The number of ether oxygens (including phenoxy) is 2. The minimum atomic E-state index is -0.993. The van der Waals surface area contributed by atoms with Crippen molar-refractivity contribution in [3.05, 3.63) is 60.7 Å². The number of tetrazole rings is 2. The lowest BCUT2D eigenvalue weighted by Gasteiger charge is -2.32. The van der Waals surface area contributed by atoms with E-state index in [1.54, 1.807) is 61.0 Å². The minimum absolute atomic E-state index is 0.0667. The van der Waals surface area contributed by atoms with Gasteiger partial charge in [-0.2, -0.15) is 0 Å². The van der Waals surface area contributed by atoms with Crippen LogP contribution in [0.4, 0.5) is 0 Å². The van der Waals surface area contributed by atoms with Gasteiger partial charge in [0.25, 0.3) is 0 Å². The molecule has 4 heterocycles. The van der Waals surface area contributed by atoms with E-state index < -0.39 is 36.4 Å². The maximum atomic E-state index is 14.2. The predicted molar refractivity (Wildman–Crippen MR) is 254 cm³/mol. The molecule has 0 bridgehead atoms. The van der Waals surface area contributed by atoms with Crippen molar-refractivity contribution in [1.29, 1.82) is 0 Å². The minimum Gasteiger partial charge on any atom is -0.363 e. The number of hydrogen-bond donors (Lipinski definition) is 4. The van der Waals surface area contributed by atoms with Gasteiger partial charge in [0.1, 0.15) is 25.3 Å². The Bertz CT molecular complexity index is 2240. The molecule has 68 heavy (non-hydrogen) atoms. The molecule has 2 saturated heterocycles. The van der Waals surface area contributed by atoms with E-state index in [1.165, 1.54) is 23.5 Å². The summed E-state index contributed by atoms with van der Waals surface area (Å²) in [5.41, 5.74) is 0. The average molecular weight is 969 g/mol. The topological polar surface area (TPSA) is 229 Å². The van der Waals surface area contributed by atoms with Gasteiger partial charge in [0.05, 0.1) is 49.5 Å². The van der Waals surface area contributed by atoms with Crippen molar-refractivity contribution < 1.29 is 28.7 Å². The van der Waals surface area contributed by atoms with Gasteiger partial charge >= 0.3 is 0 Å². The lowest BCUT2D eigenvalue weighted by Crippen LogP contribution is -2.58. The highest BCUT2D eigenvalue weighted by molar-refractivity contribution is 7.99. The number of nitrogens with one attached hydrogen (secondary N) is 4. The molecule has 6 rings (SSSR count). The van der Waals surface area contributed by atoms with Crippen LogP contribution < -0.4 is 21.3 Å². The Morgan fingerprint density at radius 3 is 1.43 bits per heavy atom. The highest BCUT2D eigenvalue weighted by Gasteiger charge is 2.39. The van der Waals surface area contributed by atoms with Crippen LogP contribution in [-0.4, -0.2) is 163 Å². The Kier molecular flexibility index (Phi) is 19.7. The highest BCUT2D eigenvalue weighted by Crippen LogP contribution is 2.29. The monoisotopic (exact) mass is 968 g/mol. The summed E-state index contributed by atoms with van der Waals surface area (Å²) in [6.07, 6.45) is 1.58. The summed E-state index contributed by atoms with van der Waals surface area (Å²) in [6.45, 7) is 8.54. The fourth-order valence-electron chi connectivity index (χ4n) is 7.62. The number of nitrogens with zero attached hydrogens (tertiary/aromatic N) is 10. The Labute approximate surface area is 405 Å². The van der Waals surface area contributed by atoms with Crippen LogP contribution in [0.25, 0.3) is 0 Å². The fraction of sp³-hybridized carbons (Fsp3) is 0.522. The summed E-state index contributed by atoms with van der Waals surface area (Å²) in [5.74, 6) is 10.00. The molecule has 20 nitrogen and oxygen atoms in total. The first-order valence-corrected chi connectivity index (χ1v) is 24.3. The molecule has 2 aromatic carbocycles. The Balaban J connectivity index is 1.04. The van der Waals surface area contributed by atoms with Crippen LogP contribution in [0, 0.1) is 23.7 Å². The second-order valence-electron chi connectivity index (χ2n) is 16.4. The normalized spacial score (nSPS) is 18.3. The standard InChI is InChI=1S/C46H60N14O6S2/c1-31(47-5)41(61)49-39(43(63)57-25-17-19-35(57)29-59-45(51-53-55-59)67-37-21-11-9-12-22-37)33(3)65-27-15-7-8-16-28-66-34(4)40(50-42(62)32(2)48-6)44(64)58-26-18-20-36(58)30-60-46(52-54-56-60)68-38-23-13-10-14-24-38/h9-14,21-24,31-36,39-40,47-48H,17-20,25-30H2,1-6H3,(H,49,61)(H,50,62)/t31-,32-,33+,34?,35?,36?,39?,40?/m0/s1. The summed E-state index contributed by atoms with van der Waals surface area (Å²) in [4.78, 5) is 60.3. The first-order valence-electron chi connectivity index (χ1n) is 22.7. The van der Waals surface area contributed by atoms with Crippen molar-refractivity contribution in [3.8, 4) is 23.7 Å². The van der Waals surface area contributed by atoms with E-state index in [1.807, 2.05) is 60.7 Å². The molecule has 4 N–H and O–H groups in total. The summed E-state index contributed by atoms with van der Waals surface area (Å²) in [5, 5.41) is 37.5. The van der Waals surface area contributed by atoms with E-state index in [0.717, 1.165) is 35.5 Å². The number of amides is 4. The number of aromatic nitrogens is 8. The van der Waals surface area contributed by atoms with Gasteiger partial charge in [0, 0.05) is 22.9 Å². The molecule has 0 aliphatic carbocycles. The van der Waals surface area contributed by atoms with Crippen molar-refractivity contribution in [2.24, 2.45) is 0 Å². The molecule has 8 atom stereocenters. The lowest BCUT2D eigenvalue weighted by molar-refractivity contribution is -0.142. The fourth-order valence-corrected chi connectivity index (χ4v) is 9.22. The van der Waals surface area contributed by atoms with Gasteiger partial charge in [-0.3, -0.25) is 19.2 Å². The van der Waals surface area contributed by atoms with Gasteiger partial charge in [-0.15, -0.1) is 10.2 Å². The molecule has 2 aliphatic heterocycles. The third kappa shape index (κ3) is 14.3. The zero-order chi connectivity index (χ0) is 48.4. The van der Waals surface area contributed by atoms with Gasteiger partial charge in [-0.1, -0.05) is 48.2 Å². The molecule has 4 amide bonds. The number of benzene rings is 2. The first kappa shape index (κ1) is 51.5. The van der Waals surface area contributed by atoms with Gasteiger partial charge in [0.2, 0.25) is 33.9 Å². The van der Waals surface area contributed by atoms with Gasteiger partial charge in [0.15, 0.2) is 0 Å². The van der Waals surface area contributed by atoms with Crippen LogP contribution in [0.15, 0.2) is 80.8 Å². The van der Waals surface area contributed by atoms with Gasteiger partial charge in [-0.25, -0.2) is 9.36 Å². The van der Waals surface area contributed by atoms with E-state index in [-0.39, 0.29) is 48.9 Å². The third-order valence-corrected chi connectivity index (χ3v) is 13.8. The Morgan fingerprint density at radius 1 is 0.647 bits per heavy atom. The summed E-state index contributed by atoms with van der Waals surface area (Å²) in [6, 6.07) is 16.1. The zero-order valence-electron chi connectivity index (χ0n) is 39.2. The molecule has 0 spiro atoms. The number of likely N-dealkylation sites (tertiary alicyclic amines) is 2. The Hall–Kier alpha value is -5.88. The number of rotatable bonds is 22. The van der Waals surface area contributed by atoms with Crippen molar-refractivity contribution in [1.82, 2.24) is 71.5 Å². The molecular weight excluding hydrogens is 909 g/mol. The van der Waals surface area contributed by atoms with Crippen molar-refractivity contribution in [2.75, 3.05) is 40.4 Å². The molecule has 0 saturated carbocycles. The second-order valence-corrected chi connectivity index (χ2v) is 18.5. The lowest BCUT2D eigenvalue weighted by atomic mass is 10.1. The SMILES string of the molecule is CN[C@@H](C)C(=O)NC(C(=O)N1CCCC1Cn1nnnc1Sc1ccccc1)C(C)OCC#CC#CCO[C@H](C)C(NC(=O)[C@H](C)NC)C(=O)N1CCCC1Cn1nnnc1Sc1ccccc1. The van der Waals surface area contributed by atoms with Crippen molar-refractivity contribution in [3.63, 3.8) is 0 Å². The smallest absolute Gasteiger partial charge is 0.248 e. The molecule has 22 heteroatoms. The zero-order valence-corrected chi connectivity index (χ0v) is 40.8. The average Bonchev–Trinajstić information content (AvgIpc) is 4.20. The molecule has 5 unspecified atom stereocenters. The molecule has 362 valence electrons. The summed E-state index contributed by atoms with van der Waals surface area (Å²) >= 11 is 2.88. The Morgan fingerprint density at radius 2 is 1.04 bits per heavy atom. The summed E-state index contributed by atoms with van der Waals surface area (Å²) in [7, 11) is 3.34. The van der Waals surface area contributed by atoms with E-state index in [9.17, 15) is 19.2 Å². The van der Waals surface area contributed by atoms with Crippen LogP contribution in [0.5, 0.6) is 0 Å². The van der Waals surface area contributed by atoms with Crippen LogP contribution in [0.2, 0.25) is 0 Å². The highest BCUT2D eigenvalue weighted by atomic mass is 32.2. The second kappa shape index (κ2) is 26.0. The predicted octanol–water partition coefficient (Wildman–Crippen LogP) is 1.65. The summed E-state index contributed by atoms with van der Waals surface area (Å²) < 4.78 is 15.5. The van der Waals surface area contributed by atoms with E-state index in [0.29, 0.717) is 36.5 Å². The largest absolute Gasteiger partial charge is 0.363 e. The number of carbonyl (C=O) groups excluding carboxylic acids is 4. The van der Waals surface area contributed by atoms with Crippen LogP contribution >= 0.6 is 23.5 Å². The maximum Gasteiger partial charge on any atom is 0.248 e. The van der Waals surface area contributed by atoms with E-state index in [4.69, 9.17) is 9.47 Å². The maximum absolute atomic E-state index is 14.2. The molecular formula is C46H60N14O6S2. The van der Waals surface area contributed by atoms with Gasteiger partial charge in [-0.05, 0) is 148 Å². The first-order chi connectivity index (χ1) is 33.0. The van der Waals surface area contributed by atoms with Crippen LogP contribution in [-0.2, 0) is 41.7 Å². The molecule has 4 aromatic rings. The van der Waals surface area contributed by atoms with Gasteiger partial charge < -0.3 is 40.5 Å². The molecule has 2 fully saturated rings. The molecule has 2 aromatic heterocycles. The van der Waals surface area contributed by atoms with Crippen LogP contribution in [0.1, 0.15) is 53.4 Å². The number of carbonyl (C=O) groups is 4. The van der Waals surface area contributed by atoms with E-state index in [2.05, 4.69) is 76.0 Å². The quantitative estimate of drug-likeness (QED) is 0.0822.